The summed E-state index contributed by atoms with van der Waals surface area (Å²) in [5, 5.41) is 0. The summed E-state index contributed by atoms with van der Waals surface area (Å²) in [7, 11) is 0. The number of hydrogen-bond donors (Lipinski definition) is 0. The van der Waals surface area contributed by atoms with Crippen LogP contribution in [0.5, 0.6) is 0 Å². The number of fused-ring (bicyclic) bond motifs is 2. The molecule has 0 nitrogen and oxygen atoms in total. The minimum Gasteiger partial charge on any atom is -0.147 e. The van der Waals surface area contributed by atoms with Gasteiger partial charge in [-0.1, -0.05) is 0 Å². The van der Waals surface area contributed by atoms with Gasteiger partial charge >= 0.3 is 308 Å². The first-order chi connectivity index (χ1) is 23.7. The third-order valence-corrected chi connectivity index (χ3v) is 30.8. The molecule has 0 N–H and O–H groups in total. The van der Waals surface area contributed by atoms with E-state index in [9.17, 15) is 0 Å². The fourth-order valence-electron chi connectivity index (χ4n) is 10.3. The summed E-state index contributed by atoms with van der Waals surface area (Å²) in [6.07, 6.45) is 11.9. The summed E-state index contributed by atoms with van der Waals surface area (Å²) in [4.78, 5) is 0. The minimum absolute atomic E-state index is 0. The molecule has 3 unspecified atom stereocenters. The van der Waals surface area contributed by atoms with Crippen molar-refractivity contribution in [1.29, 1.82) is 0 Å². The Hall–Kier alpha value is -1.96. The molecule has 1 saturated carbocycles. The number of rotatable bonds is 7. The van der Waals surface area contributed by atoms with Crippen LogP contribution in [0.2, 0.25) is 9.26 Å². The Kier molecular flexibility index (Phi) is 12.1. The molecule has 0 bridgehead atoms. The van der Waals surface area contributed by atoms with Gasteiger partial charge in [0.15, 0.2) is 0 Å². The van der Waals surface area contributed by atoms with E-state index in [1.165, 1.54) is 76.6 Å². The molecule has 0 radical (unpaired) electrons. The zero-order valence-corrected chi connectivity index (χ0v) is 38.7. The molecule has 1 fully saturated rings. The van der Waals surface area contributed by atoms with Gasteiger partial charge in [0.1, 0.15) is 0 Å². The first-order valence-electron chi connectivity index (χ1n) is 19.6. The Morgan fingerprint density at radius 1 is 0.712 bits per heavy atom. The minimum atomic E-state index is -3.73. The molecule has 52 heavy (non-hydrogen) atoms. The Labute approximate surface area is 330 Å². The molecule has 0 aromatic heterocycles. The summed E-state index contributed by atoms with van der Waals surface area (Å²) in [5.41, 5.74) is 18.1. The molecule has 276 valence electrons. The van der Waals surface area contributed by atoms with Crippen LogP contribution in [0.15, 0.2) is 96.1 Å². The zero-order valence-electron chi connectivity index (χ0n) is 33.2. The van der Waals surface area contributed by atoms with Gasteiger partial charge in [-0.15, -0.1) is 24.8 Å². The summed E-state index contributed by atoms with van der Waals surface area (Å²) in [5.74, 6) is 2.14. The number of hydrogen-bond acceptors (Lipinski definition) is 0. The van der Waals surface area contributed by atoms with Gasteiger partial charge in [-0.25, -0.2) is 0 Å². The molecule has 3 aliphatic carbocycles. The van der Waals surface area contributed by atoms with Crippen molar-refractivity contribution in [2.24, 2.45) is 11.8 Å². The Balaban J connectivity index is 0.00000261. The normalized spacial score (nSPS) is 22.0. The van der Waals surface area contributed by atoms with Gasteiger partial charge < -0.3 is 0 Å². The maximum absolute atomic E-state index is 3.73. The Morgan fingerprint density at radius 2 is 1.21 bits per heavy atom. The van der Waals surface area contributed by atoms with E-state index in [1.807, 2.05) is 0 Å². The quantitative estimate of drug-likeness (QED) is 0.163. The Bertz CT molecular complexity index is 2050. The zero-order chi connectivity index (χ0) is 35.6. The fourth-order valence-corrected chi connectivity index (χ4v) is 30.6. The maximum atomic E-state index is 2.83. The standard InChI is InChI=1S/C26H31.C20H21.2CH3.2ClH.H2Si.Zr/c1-18-8-10-19(11-9-18)22-16-21-6-5-7-24(25(21)17-22)20-12-14-23(15-13-20)26(2,3)4;1-4-15(3)16-8-10-17(11-9-16)19-7-5-6-18-12-14(2)13-20(18)19;;;;;;/h5-7,12-19H,8-11H2,1-4H3;5-13,15H,4H2,1-3H3;2*1H3;2*1H;1H2;. The van der Waals surface area contributed by atoms with Crippen LogP contribution in [0.1, 0.15) is 127 Å². The van der Waals surface area contributed by atoms with Crippen LogP contribution in [-0.2, 0) is 22.8 Å². The molecule has 0 heterocycles. The topological polar surface area (TPSA) is 0 Å². The average Bonchev–Trinajstić information content (AvgIpc) is 3.67. The summed E-state index contributed by atoms with van der Waals surface area (Å²) < 4.78 is 6.73. The summed E-state index contributed by atoms with van der Waals surface area (Å²) >= 11 is -3.73. The van der Waals surface area contributed by atoms with Gasteiger partial charge in [0.05, 0.1) is 0 Å². The molecule has 4 aromatic rings. The molecule has 3 atom stereocenters. The predicted octanol–water partition coefficient (Wildman–Crippen LogP) is 14.4. The van der Waals surface area contributed by atoms with Gasteiger partial charge in [-0.05, 0) is 0 Å². The summed E-state index contributed by atoms with van der Waals surface area (Å²) in [6, 6.07) is 33.5. The van der Waals surface area contributed by atoms with Crippen molar-refractivity contribution >= 4 is 43.8 Å². The van der Waals surface area contributed by atoms with E-state index in [2.05, 4.69) is 162 Å². The fraction of sp³-hybridized carbons (Fsp3) is 0.417. The van der Waals surface area contributed by atoms with E-state index in [1.54, 1.807) is 22.3 Å². The van der Waals surface area contributed by atoms with E-state index >= 15 is 0 Å². The van der Waals surface area contributed by atoms with Gasteiger partial charge in [-0.2, -0.15) is 0 Å². The van der Waals surface area contributed by atoms with Crippen LogP contribution in [0.25, 0.3) is 34.4 Å². The Morgan fingerprint density at radius 3 is 1.73 bits per heavy atom. The van der Waals surface area contributed by atoms with Gasteiger partial charge in [-0.3, -0.25) is 0 Å². The van der Waals surface area contributed by atoms with Gasteiger partial charge in [0.25, 0.3) is 0 Å². The SMILES string of the molecule is CCC(C)c1ccc(-c2cccc3c2C=C(C)[CH]3[Zr]([CH3])([CH3])(=[SiH2])[CH]2C(C3CCC(C)CC3)=Cc3c(-c4ccc(C(C)(C)C)cc4)cccc32)cc1.Cl.Cl. The summed E-state index contributed by atoms with van der Waals surface area (Å²) in [6.45, 7) is 19.0. The molecule has 0 amide bonds. The third-order valence-electron chi connectivity index (χ3n) is 13.2. The number of benzene rings is 4. The van der Waals surface area contributed by atoms with Crippen LogP contribution >= 0.6 is 24.8 Å². The second-order valence-corrected chi connectivity index (χ2v) is 49.1. The van der Waals surface area contributed by atoms with Crippen molar-refractivity contribution < 1.29 is 17.4 Å². The van der Waals surface area contributed by atoms with E-state index in [-0.39, 0.29) is 30.2 Å². The van der Waals surface area contributed by atoms with E-state index in [4.69, 9.17) is 0 Å². The third kappa shape index (κ3) is 7.38. The van der Waals surface area contributed by atoms with Crippen molar-refractivity contribution in [2.75, 3.05) is 0 Å². The maximum Gasteiger partial charge on any atom is -0.147 e. The van der Waals surface area contributed by atoms with Crippen molar-refractivity contribution in [3.63, 3.8) is 0 Å². The molecule has 4 aromatic carbocycles. The van der Waals surface area contributed by atoms with E-state index in [0.29, 0.717) is 19.1 Å². The average molecular weight is 829 g/mol. The predicted molar refractivity (Wildman–Crippen MR) is 234 cm³/mol. The second kappa shape index (κ2) is 15.3. The van der Waals surface area contributed by atoms with E-state index in [0.717, 1.165) is 5.92 Å². The molecular weight excluding hydrogens is 767 g/mol. The molecule has 0 spiro atoms. The van der Waals surface area contributed by atoms with Crippen LogP contribution in [0.3, 0.4) is 0 Å². The van der Waals surface area contributed by atoms with Crippen LogP contribution < -0.4 is 0 Å². The molecule has 0 saturated heterocycles. The van der Waals surface area contributed by atoms with E-state index < -0.39 is 17.4 Å². The van der Waals surface area contributed by atoms with Crippen molar-refractivity contribution in [3.05, 3.63) is 129 Å². The molecule has 7 rings (SSSR count). The first kappa shape index (κ1) is 41.2. The van der Waals surface area contributed by atoms with Crippen LogP contribution in [-0.4, -0.2) is 6.88 Å². The molecule has 4 heteroatoms. The van der Waals surface area contributed by atoms with Gasteiger partial charge in [0, 0.05) is 0 Å². The van der Waals surface area contributed by atoms with Crippen LogP contribution in [0.4, 0.5) is 0 Å². The first-order valence-corrected chi connectivity index (χ1v) is 33.3. The van der Waals surface area contributed by atoms with Crippen LogP contribution in [0, 0.1) is 11.8 Å². The largest absolute Gasteiger partial charge is 0.147 e. The van der Waals surface area contributed by atoms with Gasteiger partial charge in [0.2, 0.25) is 0 Å². The monoisotopic (exact) mass is 826 g/mol. The molecule has 0 aliphatic heterocycles. The number of halogens is 2. The van der Waals surface area contributed by atoms with Crippen molar-refractivity contribution in [2.45, 2.75) is 108 Å². The smallest absolute Gasteiger partial charge is 0.147 e. The number of allylic oxidation sites excluding steroid dienone is 2. The molecular formula is C48H62Cl2SiZr. The second-order valence-electron chi connectivity index (χ2n) is 18.7. The molecule has 3 aliphatic rings. The van der Waals surface area contributed by atoms with Crippen molar-refractivity contribution in [1.82, 2.24) is 0 Å². The van der Waals surface area contributed by atoms with Crippen molar-refractivity contribution in [3.8, 4) is 22.3 Å².